The van der Waals surface area contributed by atoms with Gasteiger partial charge in [0.15, 0.2) is 5.69 Å². The zero-order valence-corrected chi connectivity index (χ0v) is 8.04. The summed E-state index contributed by atoms with van der Waals surface area (Å²) in [6.45, 7) is 0.227. The molecule has 0 aromatic carbocycles. The van der Waals surface area contributed by atoms with Gasteiger partial charge in [-0.05, 0) is 11.6 Å². The Balaban J connectivity index is 2.17. The fourth-order valence-electron chi connectivity index (χ4n) is 1.20. The highest BCUT2D eigenvalue weighted by molar-refractivity contribution is 5.84. The molecule has 2 heterocycles. The van der Waals surface area contributed by atoms with E-state index in [4.69, 9.17) is 5.11 Å². The Morgan fingerprint density at radius 1 is 1.50 bits per heavy atom. The third kappa shape index (κ3) is 2.19. The summed E-state index contributed by atoms with van der Waals surface area (Å²) >= 11 is 0. The monoisotopic (exact) mass is 222 g/mol. The first-order valence-corrected chi connectivity index (χ1v) is 4.38. The molecule has 2 aromatic rings. The van der Waals surface area contributed by atoms with E-state index in [1.807, 2.05) is 0 Å². The van der Waals surface area contributed by atoms with Gasteiger partial charge in [0.1, 0.15) is 5.82 Å². The quantitative estimate of drug-likeness (QED) is 0.820. The van der Waals surface area contributed by atoms with Gasteiger partial charge in [0.05, 0.1) is 18.9 Å². The standard InChI is InChI=1S/C9H7FN4O2/c10-7-1-6(2-11-3-7)4-14-5-8(9(15)16)12-13-14/h1-3,5H,4H2,(H,15,16). The maximum atomic E-state index is 12.8. The van der Waals surface area contributed by atoms with E-state index >= 15 is 0 Å². The van der Waals surface area contributed by atoms with Crippen LogP contribution in [0.1, 0.15) is 16.1 Å². The van der Waals surface area contributed by atoms with E-state index < -0.39 is 11.8 Å². The number of aromatic carboxylic acids is 1. The van der Waals surface area contributed by atoms with Gasteiger partial charge in [-0.1, -0.05) is 5.21 Å². The number of pyridine rings is 1. The molecule has 0 fully saturated rings. The first-order valence-electron chi connectivity index (χ1n) is 4.38. The molecule has 0 aliphatic rings. The number of hydrogen-bond donors (Lipinski definition) is 1. The predicted octanol–water partition coefficient (Wildman–Crippen LogP) is 0.559. The topological polar surface area (TPSA) is 80.9 Å². The van der Waals surface area contributed by atoms with Gasteiger partial charge in [-0.15, -0.1) is 5.10 Å². The van der Waals surface area contributed by atoms with Crippen molar-refractivity contribution in [1.29, 1.82) is 0 Å². The van der Waals surface area contributed by atoms with Gasteiger partial charge in [-0.25, -0.2) is 13.9 Å². The second-order valence-corrected chi connectivity index (χ2v) is 3.12. The van der Waals surface area contributed by atoms with Crippen LogP contribution < -0.4 is 0 Å². The number of carbonyl (C=O) groups is 1. The van der Waals surface area contributed by atoms with Crippen LogP contribution in [0, 0.1) is 5.82 Å². The summed E-state index contributed by atoms with van der Waals surface area (Å²) in [6.07, 6.45) is 3.84. The molecule has 16 heavy (non-hydrogen) atoms. The molecule has 0 bridgehead atoms. The predicted molar refractivity (Wildman–Crippen MR) is 50.3 cm³/mol. The Hall–Kier alpha value is -2.31. The molecule has 0 saturated heterocycles. The summed E-state index contributed by atoms with van der Waals surface area (Å²) in [5.41, 5.74) is 0.436. The van der Waals surface area contributed by atoms with Crippen LogP contribution in [-0.4, -0.2) is 31.1 Å². The summed E-state index contributed by atoms with van der Waals surface area (Å²) in [5, 5.41) is 15.7. The van der Waals surface area contributed by atoms with Crippen LogP contribution in [-0.2, 0) is 6.54 Å². The zero-order chi connectivity index (χ0) is 11.5. The minimum atomic E-state index is -1.15. The van der Waals surface area contributed by atoms with Crippen LogP contribution >= 0.6 is 0 Å². The molecule has 0 aliphatic carbocycles. The minimum Gasteiger partial charge on any atom is -0.476 e. The summed E-state index contributed by atoms with van der Waals surface area (Å²) in [7, 11) is 0. The summed E-state index contributed by atoms with van der Waals surface area (Å²) in [6, 6.07) is 1.30. The smallest absolute Gasteiger partial charge is 0.358 e. The normalized spacial score (nSPS) is 10.3. The van der Waals surface area contributed by atoms with Gasteiger partial charge in [0.25, 0.3) is 0 Å². The maximum Gasteiger partial charge on any atom is 0.358 e. The molecule has 0 aliphatic heterocycles. The fraction of sp³-hybridized carbons (Fsp3) is 0.111. The fourth-order valence-corrected chi connectivity index (χ4v) is 1.20. The van der Waals surface area contributed by atoms with Crippen molar-refractivity contribution >= 4 is 5.97 Å². The lowest BCUT2D eigenvalue weighted by atomic mass is 10.3. The van der Waals surface area contributed by atoms with Gasteiger partial charge in [-0.2, -0.15) is 0 Å². The van der Waals surface area contributed by atoms with E-state index in [9.17, 15) is 9.18 Å². The molecule has 0 saturated carbocycles. The zero-order valence-electron chi connectivity index (χ0n) is 8.04. The lowest BCUT2D eigenvalue weighted by molar-refractivity contribution is 0.0690. The molecule has 0 radical (unpaired) electrons. The van der Waals surface area contributed by atoms with E-state index in [1.54, 1.807) is 0 Å². The molecular weight excluding hydrogens is 215 g/mol. The van der Waals surface area contributed by atoms with Crippen molar-refractivity contribution in [3.63, 3.8) is 0 Å². The Kier molecular flexibility index (Phi) is 2.59. The van der Waals surface area contributed by atoms with E-state index in [-0.39, 0.29) is 12.2 Å². The maximum absolute atomic E-state index is 12.8. The molecule has 2 aromatic heterocycles. The Bertz CT molecular complexity index is 526. The van der Waals surface area contributed by atoms with Crippen molar-refractivity contribution in [3.8, 4) is 0 Å². The van der Waals surface area contributed by atoms with Crippen LogP contribution in [0.4, 0.5) is 4.39 Å². The Morgan fingerprint density at radius 2 is 2.31 bits per heavy atom. The Morgan fingerprint density at radius 3 is 2.94 bits per heavy atom. The SMILES string of the molecule is O=C(O)c1cn(Cc2cncc(F)c2)nn1. The van der Waals surface area contributed by atoms with E-state index in [0.717, 1.165) is 6.20 Å². The molecular formula is C9H7FN4O2. The molecule has 82 valence electrons. The summed E-state index contributed by atoms with van der Waals surface area (Å²) in [4.78, 5) is 14.2. The average molecular weight is 222 g/mol. The molecule has 0 amide bonds. The van der Waals surface area contributed by atoms with Gasteiger partial charge >= 0.3 is 5.97 Å². The van der Waals surface area contributed by atoms with Crippen molar-refractivity contribution in [2.24, 2.45) is 0 Å². The first kappa shape index (κ1) is 10.2. The first-order chi connectivity index (χ1) is 7.65. The minimum absolute atomic E-state index is 0.149. The van der Waals surface area contributed by atoms with Crippen molar-refractivity contribution < 1.29 is 14.3 Å². The van der Waals surface area contributed by atoms with E-state index in [1.165, 1.54) is 23.1 Å². The molecule has 1 N–H and O–H groups in total. The number of halogens is 1. The van der Waals surface area contributed by atoms with E-state index in [2.05, 4.69) is 15.3 Å². The second-order valence-electron chi connectivity index (χ2n) is 3.12. The molecule has 2 rings (SSSR count). The molecule has 0 unspecified atom stereocenters. The summed E-state index contributed by atoms with van der Waals surface area (Å²) in [5.74, 6) is -1.60. The van der Waals surface area contributed by atoms with Gasteiger partial charge < -0.3 is 5.11 Å². The van der Waals surface area contributed by atoms with Gasteiger partial charge in [-0.3, -0.25) is 4.98 Å². The third-order valence-corrected chi connectivity index (χ3v) is 1.86. The highest BCUT2D eigenvalue weighted by Gasteiger charge is 2.08. The van der Waals surface area contributed by atoms with Crippen LogP contribution in [0.2, 0.25) is 0 Å². The number of hydrogen-bond acceptors (Lipinski definition) is 4. The van der Waals surface area contributed by atoms with Crippen LogP contribution in [0.5, 0.6) is 0 Å². The number of rotatable bonds is 3. The van der Waals surface area contributed by atoms with Crippen molar-refractivity contribution in [2.75, 3.05) is 0 Å². The second kappa shape index (κ2) is 4.05. The largest absolute Gasteiger partial charge is 0.476 e. The van der Waals surface area contributed by atoms with Crippen LogP contribution in [0.15, 0.2) is 24.7 Å². The average Bonchev–Trinajstić information content (AvgIpc) is 2.66. The number of carboxylic acids is 1. The van der Waals surface area contributed by atoms with Crippen molar-refractivity contribution in [3.05, 3.63) is 41.7 Å². The number of carboxylic acid groups (broad SMARTS) is 1. The summed E-state index contributed by atoms with van der Waals surface area (Å²) < 4.78 is 14.1. The highest BCUT2D eigenvalue weighted by Crippen LogP contribution is 2.03. The van der Waals surface area contributed by atoms with Crippen molar-refractivity contribution in [2.45, 2.75) is 6.54 Å². The lowest BCUT2D eigenvalue weighted by Gasteiger charge is -1.99. The Labute approximate surface area is 89.4 Å². The molecule has 0 atom stereocenters. The molecule has 0 spiro atoms. The van der Waals surface area contributed by atoms with Gasteiger partial charge in [0.2, 0.25) is 0 Å². The van der Waals surface area contributed by atoms with Crippen LogP contribution in [0.3, 0.4) is 0 Å². The number of nitrogens with zero attached hydrogens (tertiary/aromatic N) is 4. The molecule has 6 nitrogen and oxygen atoms in total. The van der Waals surface area contributed by atoms with E-state index in [0.29, 0.717) is 5.56 Å². The lowest BCUT2D eigenvalue weighted by Crippen LogP contribution is -2.01. The number of aromatic nitrogens is 4. The van der Waals surface area contributed by atoms with Crippen molar-refractivity contribution in [1.82, 2.24) is 20.0 Å². The molecule has 7 heteroatoms. The highest BCUT2D eigenvalue weighted by atomic mass is 19.1. The van der Waals surface area contributed by atoms with Gasteiger partial charge in [0, 0.05) is 6.20 Å². The van der Waals surface area contributed by atoms with Crippen LogP contribution in [0.25, 0.3) is 0 Å². The third-order valence-electron chi connectivity index (χ3n) is 1.86.